The lowest BCUT2D eigenvalue weighted by Crippen LogP contribution is -2.29. The zero-order valence-electron chi connectivity index (χ0n) is 16.7. The highest BCUT2D eigenvalue weighted by molar-refractivity contribution is 5.96. The fourth-order valence-corrected chi connectivity index (χ4v) is 3.78. The molecule has 32 heavy (non-hydrogen) atoms. The van der Waals surface area contributed by atoms with Crippen molar-refractivity contribution in [3.63, 3.8) is 0 Å². The van der Waals surface area contributed by atoms with E-state index in [1.165, 1.54) is 23.0 Å². The molecule has 0 bridgehead atoms. The highest BCUT2D eigenvalue weighted by Crippen LogP contribution is 2.35. The number of hydrogen-bond acceptors (Lipinski definition) is 7. The van der Waals surface area contributed by atoms with Crippen molar-refractivity contribution in [2.75, 3.05) is 6.61 Å². The molecular formula is C22H23N5O5. The zero-order valence-corrected chi connectivity index (χ0v) is 16.7. The van der Waals surface area contributed by atoms with Crippen LogP contribution in [0.2, 0.25) is 0 Å². The molecule has 1 aliphatic carbocycles. The van der Waals surface area contributed by atoms with E-state index >= 15 is 0 Å². The van der Waals surface area contributed by atoms with E-state index in [1.807, 2.05) is 13.0 Å². The highest BCUT2D eigenvalue weighted by Gasteiger charge is 2.29. The SMILES string of the molecule is C.C=CCOC(=O)c1ccc2c(c1C)CC[C@@H]2NC(=O)c1cc(C(=O)O)nc2ncnn12. The molecule has 1 atom stereocenters. The number of benzene rings is 1. The van der Waals surface area contributed by atoms with Crippen LogP contribution in [0.4, 0.5) is 0 Å². The molecule has 2 N–H and O–H groups in total. The summed E-state index contributed by atoms with van der Waals surface area (Å²) in [5, 5.41) is 16.2. The minimum Gasteiger partial charge on any atom is -0.477 e. The molecule has 0 radical (unpaired) electrons. The Hall–Kier alpha value is -4.08. The second-order valence-electron chi connectivity index (χ2n) is 7.06. The van der Waals surface area contributed by atoms with Crippen LogP contribution in [0.15, 0.2) is 37.2 Å². The summed E-state index contributed by atoms with van der Waals surface area (Å²) in [5.74, 6) is -2.16. The third kappa shape index (κ3) is 3.94. The largest absolute Gasteiger partial charge is 0.477 e. The molecule has 0 aliphatic heterocycles. The maximum atomic E-state index is 13.0. The van der Waals surface area contributed by atoms with Gasteiger partial charge in [-0.1, -0.05) is 26.1 Å². The Labute approximate surface area is 184 Å². The van der Waals surface area contributed by atoms with Crippen LogP contribution in [-0.4, -0.2) is 49.1 Å². The van der Waals surface area contributed by atoms with E-state index in [4.69, 9.17) is 4.74 Å². The Bertz CT molecular complexity index is 1230. The summed E-state index contributed by atoms with van der Waals surface area (Å²) in [4.78, 5) is 44.3. The first-order valence-corrected chi connectivity index (χ1v) is 9.56. The number of fused-ring (bicyclic) bond motifs is 2. The van der Waals surface area contributed by atoms with Gasteiger partial charge in [0, 0.05) is 6.07 Å². The third-order valence-corrected chi connectivity index (χ3v) is 5.25. The van der Waals surface area contributed by atoms with E-state index in [0.29, 0.717) is 18.4 Å². The van der Waals surface area contributed by atoms with E-state index in [2.05, 4.69) is 27.0 Å². The van der Waals surface area contributed by atoms with Gasteiger partial charge in [-0.05, 0) is 42.5 Å². The van der Waals surface area contributed by atoms with Crippen molar-refractivity contribution in [1.29, 1.82) is 0 Å². The Morgan fingerprint density at radius 2 is 2.16 bits per heavy atom. The quantitative estimate of drug-likeness (QED) is 0.443. The van der Waals surface area contributed by atoms with Crippen molar-refractivity contribution >= 4 is 23.6 Å². The fraction of sp³-hybridized carbons (Fsp3) is 0.273. The van der Waals surface area contributed by atoms with Crippen molar-refractivity contribution in [1.82, 2.24) is 24.9 Å². The van der Waals surface area contributed by atoms with Gasteiger partial charge >= 0.3 is 11.9 Å². The number of carboxylic acid groups (broad SMARTS) is 1. The third-order valence-electron chi connectivity index (χ3n) is 5.25. The second kappa shape index (κ2) is 8.96. The summed E-state index contributed by atoms with van der Waals surface area (Å²) >= 11 is 0. The number of aromatic nitrogens is 4. The molecule has 1 amide bonds. The van der Waals surface area contributed by atoms with E-state index < -0.39 is 17.8 Å². The van der Waals surface area contributed by atoms with Crippen LogP contribution >= 0.6 is 0 Å². The van der Waals surface area contributed by atoms with Crippen LogP contribution in [-0.2, 0) is 11.2 Å². The number of rotatable bonds is 6. The van der Waals surface area contributed by atoms with Crippen molar-refractivity contribution in [2.24, 2.45) is 0 Å². The van der Waals surface area contributed by atoms with Gasteiger partial charge in [0.15, 0.2) is 5.69 Å². The van der Waals surface area contributed by atoms with Crippen LogP contribution < -0.4 is 5.32 Å². The van der Waals surface area contributed by atoms with Crippen LogP contribution in [0.5, 0.6) is 0 Å². The van der Waals surface area contributed by atoms with Crippen LogP contribution in [0.1, 0.15) is 67.9 Å². The van der Waals surface area contributed by atoms with Gasteiger partial charge < -0.3 is 15.2 Å². The van der Waals surface area contributed by atoms with Gasteiger partial charge in [0.2, 0.25) is 0 Å². The monoisotopic (exact) mass is 437 g/mol. The minimum atomic E-state index is -1.27. The van der Waals surface area contributed by atoms with Crippen LogP contribution in [0, 0.1) is 6.92 Å². The van der Waals surface area contributed by atoms with Gasteiger partial charge in [-0.15, -0.1) is 0 Å². The summed E-state index contributed by atoms with van der Waals surface area (Å²) < 4.78 is 6.33. The van der Waals surface area contributed by atoms with E-state index in [1.54, 1.807) is 6.07 Å². The average Bonchev–Trinajstić information content (AvgIpc) is 3.39. The number of carboxylic acids is 1. The second-order valence-corrected chi connectivity index (χ2v) is 7.06. The number of esters is 1. The molecule has 3 aromatic rings. The van der Waals surface area contributed by atoms with Crippen LogP contribution in [0.3, 0.4) is 0 Å². The summed E-state index contributed by atoms with van der Waals surface area (Å²) in [6.07, 6.45) is 4.04. The molecule has 10 nitrogen and oxygen atoms in total. The highest BCUT2D eigenvalue weighted by atomic mass is 16.5. The van der Waals surface area contributed by atoms with E-state index in [9.17, 15) is 19.5 Å². The number of carbonyl (C=O) groups is 3. The van der Waals surface area contributed by atoms with Gasteiger partial charge in [0.05, 0.1) is 11.6 Å². The first kappa shape index (κ1) is 22.6. The smallest absolute Gasteiger partial charge is 0.354 e. The normalized spacial score (nSPS) is 14.3. The molecule has 166 valence electrons. The van der Waals surface area contributed by atoms with Crippen molar-refractivity contribution in [3.8, 4) is 0 Å². The summed E-state index contributed by atoms with van der Waals surface area (Å²) in [5.41, 5.74) is 2.93. The fourth-order valence-electron chi connectivity index (χ4n) is 3.78. The van der Waals surface area contributed by atoms with Gasteiger partial charge in [0.25, 0.3) is 11.7 Å². The molecule has 2 aromatic heterocycles. The number of nitrogens with one attached hydrogen (secondary N) is 1. The van der Waals surface area contributed by atoms with Crippen molar-refractivity contribution in [2.45, 2.75) is 33.2 Å². The van der Waals surface area contributed by atoms with Crippen molar-refractivity contribution in [3.05, 3.63) is 70.8 Å². The molecule has 2 heterocycles. The summed E-state index contributed by atoms with van der Waals surface area (Å²) in [6, 6.07) is 4.37. The van der Waals surface area contributed by atoms with E-state index in [-0.39, 0.29) is 37.2 Å². The zero-order chi connectivity index (χ0) is 22.1. The number of hydrogen-bond donors (Lipinski definition) is 2. The first-order valence-electron chi connectivity index (χ1n) is 9.56. The maximum absolute atomic E-state index is 13.0. The standard InChI is InChI=1S/C21H19N5O5.CH4/c1-3-8-31-20(30)13-4-5-14-12(11(13)2)6-7-15(14)24-18(27)17-9-16(19(28)29)25-21-22-10-23-26(17)21;/h3-5,9-10,15H,1,6-8H2,2H3,(H,24,27)(H,28,29);1H4/t15-;/m0./s1. The summed E-state index contributed by atoms with van der Waals surface area (Å²) in [7, 11) is 0. The number of amides is 1. The van der Waals surface area contributed by atoms with Gasteiger partial charge in [-0.25, -0.2) is 14.6 Å². The first-order chi connectivity index (χ1) is 14.9. The Morgan fingerprint density at radius 1 is 1.38 bits per heavy atom. The lowest BCUT2D eigenvalue weighted by Gasteiger charge is -2.16. The molecule has 0 spiro atoms. The molecule has 10 heteroatoms. The predicted octanol–water partition coefficient (Wildman–Crippen LogP) is 2.53. The number of carbonyl (C=O) groups excluding carboxylic acids is 2. The van der Waals surface area contributed by atoms with Crippen molar-refractivity contribution < 1.29 is 24.2 Å². The molecular weight excluding hydrogens is 414 g/mol. The van der Waals surface area contributed by atoms with Gasteiger partial charge in [-0.2, -0.15) is 14.6 Å². The Kier molecular flexibility index (Phi) is 6.33. The number of ether oxygens (including phenoxy) is 1. The van der Waals surface area contributed by atoms with E-state index in [0.717, 1.165) is 16.7 Å². The minimum absolute atomic E-state index is 0. The number of nitrogens with zero attached hydrogens (tertiary/aromatic N) is 4. The molecule has 1 aromatic carbocycles. The molecule has 0 saturated heterocycles. The van der Waals surface area contributed by atoms with Gasteiger partial charge in [-0.3, -0.25) is 4.79 Å². The molecule has 0 saturated carbocycles. The molecule has 4 rings (SSSR count). The maximum Gasteiger partial charge on any atom is 0.354 e. The number of aromatic carboxylic acids is 1. The Balaban J connectivity index is 0.00000289. The molecule has 0 unspecified atom stereocenters. The van der Waals surface area contributed by atoms with Gasteiger partial charge in [0.1, 0.15) is 18.6 Å². The summed E-state index contributed by atoms with van der Waals surface area (Å²) in [6.45, 7) is 5.53. The topological polar surface area (TPSA) is 136 Å². The predicted molar refractivity (Wildman–Crippen MR) is 115 cm³/mol. The molecule has 0 fully saturated rings. The Morgan fingerprint density at radius 3 is 2.88 bits per heavy atom. The lowest BCUT2D eigenvalue weighted by molar-refractivity contribution is 0.0548. The average molecular weight is 437 g/mol. The van der Waals surface area contributed by atoms with Crippen LogP contribution in [0.25, 0.3) is 5.78 Å². The lowest BCUT2D eigenvalue weighted by atomic mass is 9.98. The molecule has 1 aliphatic rings.